The molecule has 220 valence electrons. The number of hydrogen-bond acceptors (Lipinski definition) is 6. The topological polar surface area (TPSA) is 71.1 Å². The Hall–Kier alpha value is -2.74. The summed E-state index contributed by atoms with van der Waals surface area (Å²) in [6, 6.07) is 18.8. The van der Waals surface area contributed by atoms with Gasteiger partial charge in [-0.2, -0.15) is 0 Å². The quantitative estimate of drug-likeness (QED) is 0.123. The molecule has 0 aliphatic heterocycles. The summed E-state index contributed by atoms with van der Waals surface area (Å²) in [6.45, 7) is 17.0. The maximum atomic E-state index is 13.3. The van der Waals surface area contributed by atoms with Gasteiger partial charge in [0.05, 0.1) is 12.7 Å². The molecular formula is C33H48O6Si. The molecule has 0 aliphatic rings. The van der Waals surface area contributed by atoms with Gasteiger partial charge in [0.15, 0.2) is 8.32 Å². The first-order chi connectivity index (χ1) is 18.8. The molecule has 7 heteroatoms. The van der Waals surface area contributed by atoms with E-state index < -0.39 is 32.5 Å². The molecule has 6 nitrogen and oxygen atoms in total. The Labute approximate surface area is 242 Å². The summed E-state index contributed by atoms with van der Waals surface area (Å²) in [7, 11) is -1.81. The molecule has 0 heterocycles. The second kappa shape index (κ2) is 15.9. The van der Waals surface area contributed by atoms with Crippen LogP contribution in [-0.4, -0.2) is 38.6 Å². The van der Waals surface area contributed by atoms with Gasteiger partial charge in [0.25, 0.3) is 0 Å². The monoisotopic (exact) mass is 568 g/mol. The summed E-state index contributed by atoms with van der Waals surface area (Å²) in [4.78, 5) is 25.0. The number of carbonyl (C=O) groups is 2. The van der Waals surface area contributed by atoms with E-state index >= 15 is 0 Å². The third-order valence-electron chi connectivity index (χ3n) is 7.32. The van der Waals surface area contributed by atoms with E-state index in [2.05, 4.69) is 46.9 Å². The molecular weight excluding hydrogens is 520 g/mol. The summed E-state index contributed by atoms with van der Waals surface area (Å²) in [5.41, 5.74) is 1.60. The second-order valence-electron chi connectivity index (χ2n) is 11.9. The Bertz CT molecular complexity index is 1060. The number of ether oxygens (including phenoxy) is 3. The lowest BCUT2D eigenvalue weighted by atomic mass is 10.1. The van der Waals surface area contributed by atoms with Crippen LogP contribution in [0, 0.1) is 0 Å². The highest BCUT2D eigenvalue weighted by atomic mass is 28.4. The van der Waals surface area contributed by atoms with Crippen LogP contribution in [0.15, 0.2) is 72.8 Å². The molecule has 0 unspecified atom stereocenters. The molecule has 4 atom stereocenters. The van der Waals surface area contributed by atoms with Gasteiger partial charge in [0, 0.05) is 25.0 Å². The Kier molecular flexibility index (Phi) is 13.3. The maximum absolute atomic E-state index is 13.3. The van der Waals surface area contributed by atoms with E-state index in [-0.39, 0.29) is 17.2 Å². The first-order valence-corrected chi connectivity index (χ1v) is 17.1. The number of hydrogen-bond donors (Lipinski definition) is 0. The molecule has 40 heavy (non-hydrogen) atoms. The summed E-state index contributed by atoms with van der Waals surface area (Å²) in [5, 5.41) is 0.174. The Morgan fingerprint density at radius 3 is 2.08 bits per heavy atom. The van der Waals surface area contributed by atoms with Crippen LogP contribution >= 0.6 is 0 Å². The van der Waals surface area contributed by atoms with E-state index in [0.717, 1.165) is 18.4 Å². The SMILES string of the molecule is CC(=O)O[C@@H](C(=O)O[C@H](C/C=C\CC[C@@H](C)O[Si](C)(C)C(C)(C)C)[C@@H](C)OCc1ccccc1)c1ccccc1. The van der Waals surface area contributed by atoms with Gasteiger partial charge in [-0.3, -0.25) is 4.79 Å². The van der Waals surface area contributed by atoms with Crippen LogP contribution in [0.1, 0.15) is 78.0 Å². The standard InChI is InChI=1S/C33H48O6Si/c1-25(39-40(7,8)33(4,5)6)18-12-9-17-23-30(26(2)36-24-28-19-13-10-14-20-28)38-32(35)31(37-27(3)34)29-21-15-11-16-22-29/h9-11,13-17,19-22,25-26,30-31H,12,18,23-24H2,1-8H3/b17-9-/t25-,26-,30-,31-/m1/s1. The summed E-state index contributed by atoms with van der Waals surface area (Å²) in [6.07, 6.45) is 4.47. The van der Waals surface area contributed by atoms with Crippen LogP contribution in [0.3, 0.4) is 0 Å². The third kappa shape index (κ3) is 11.4. The highest BCUT2D eigenvalue weighted by Crippen LogP contribution is 2.37. The minimum atomic E-state index is -1.81. The van der Waals surface area contributed by atoms with Crippen molar-refractivity contribution in [2.24, 2.45) is 0 Å². The van der Waals surface area contributed by atoms with Crippen molar-refractivity contribution in [1.29, 1.82) is 0 Å². The van der Waals surface area contributed by atoms with E-state index in [0.29, 0.717) is 18.6 Å². The molecule has 0 spiro atoms. The van der Waals surface area contributed by atoms with Crippen molar-refractivity contribution in [2.75, 3.05) is 0 Å². The highest BCUT2D eigenvalue weighted by molar-refractivity contribution is 6.74. The fourth-order valence-corrected chi connectivity index (χ4v) is 5.40. The fourth-order valence-electron chi connectivity index (χ4n) is 3.92. The zero-order valence-electron chi connectivity index (χ0n) is 25.5. The average Bonchev–Trinajstić information content (AvgIpc) is 2.89. The van der Waals surface area contributed by atoms with Gasteiger partial charge >= 0.3 is 11.9 Å². The number of allylic oxidation sites excluding steroid dienone is 1. The zero-order valence-corrected chi connectivity index (χ0v) is 26.5. The Balaban J connectivity index is 2.06. The molecule has 0 N–H and O–H groups in total. The molecule has 0 aliphatic carbocycles. The molecule has 2 rings (SSSR count). The molecule has 0 aromatic heterocycles. The normalized spacial score (nSPS) is 15.3. The van der Waals surface area contributed by atoms with Crippen molar-refractivity contribution in [1.82, 2.24) is 0 Å². The predicted molar refractivity (Wildman–Crippen MR) is 162 cm³/mol. The molecule has 2 aromatic rings. The number of rotatable bonds is 15. The number of esters is 2. The van der Waals surface area contributed by atoms with Crippen molar-refractivity contribution in [2.45, 2.75) is 110 Å². The van der Waals surface area contributed by atoms with E-state index in [1.807, 2.05) is 49.4 Å². The first kappa shape index (κ1) is 33.5. The van der Waals surface area contributed by atoms with E-state index in [4.69, 9.17) is 18.6 Å². The van der Waals surface area contributed by atoms with Gasteiger partial charge < -0.3 is 18.6 Å². The maximum Gasteiger partial charge on any atom is 0.352 e. The Morgan fingerprint density at radius 2 is 1.50 bits per heavy atom. The van der Waals surface area contributed by atoms with Crippen molar-refractivity contribution in [3.63, 3.8) is 0 Å². The number of carbonyl (C=O) groups excluding carboxylic acids is 2. The van der Waals surface area contributed by atoms with E-state index in [9.17, 15) is 9.59 Å². The third-order valence-corrected chi connectivity index (χ3v) is 11.9. The predicted octanol–water partition coefficient (Wildman–Crippen LogP) is 7.94. The summed E-state index contributed by atoms with van der Waals surface area (Å²) < 4.78 is 23.9. The highest BCUT2D eigenvalue weighted by Gasteiger charge is 2.38. The lowest BCUT2D eigenvalue weighted by Gasteiger charge is -2.38. The summed E-state index contributed by atoms with van der Waals surface area (Å²) >= 11 is 0. The van der Waals surface area contributed by atoms with Crippen LogP contribution < -0.4 is 0 Å². The van der Waals surface area contributed by atoms with Crippen molar-refractivity contribution >= 4 is 20.3 Å². The lowest BCUT2D eigenvalue weighted by molar-refractivity contribution is -0.176. The number of benzene rings is 2. The van der Waals surface area contributed by atoms with Crippen LogP contribution in [0.25, 0.3) is 0 Å². The van der Waals surface area contributed by atoms with Crippen molar-refractivity contribution in [3.05, 3.63) is 83.9 Å². The first-order valence-electron chi connectivity index (χ1n) is 14.2. The second-order valence-corrected chi connectivity index (χ2v) is 16.6. The van der Waals surface area contributed by atoms with Gasteiger partial charge in [0.2, 0.25) is 6.10 Å². The van der Waals surface area contributed by atoms with Gasteiger partial charge in [0.1, 0.15) is 6.10 Å². The van der Waals surface area contributed by atoms with Crippen LogP contribution in [0.2, 0.25) is 18.1 Å². The largest absolute Gasteiger partial charge is 0.456 e. The van der Waals surface area contributed by atoms with Crippen LogP contribution in [0.5, 0.6) is 0 Å². The smallest absolute Gasteiger partial charge is 0.352 e. The zero-order chi connectivity index (χ0) is 29.8. The molecule has 0 saturated carbocycles. The Morgan fingerprint density at radius 1 is 0.900 bits per heavy atom. The summed E-state index contributed by atoms with van der Waals surface area (Å²) in [5.74, 6) is -1.17. The molecule has 0 amide bonds. The van der Waals surface area contributed by atoms with Gasteiger partial charge in [-0.05, 0) is 50.4 Å². The molecule has 0 bridgehead atoms. The molecule has 0 saturated heterocycles. The van der Waals surface area contributed by atoms with E-state index in [1.165, 1.54) is 6.92 Å². The van der Waals surface area contributed by atoms with Gasteiger partial charge in [-0.15, -0.1) is 0 Å². The fraction of sp³-hybridized carbons (Fsp3) is 0.515. The molecule has 2 aromatic carbocycles. The van der Waals surface area contributed by atoms with Gasteiger partial charge in [-0.25, -0.2) is 4.79 Å². The minimum Gasteiger partial charge on any atom is -0.456 e. The van der Waals surface area contributed by atoms with Gasteiger partial charge in [-0.1, -0.05) is 93.6 Å². The van der Waals surface area contributed by atoms with Crippen molar-refractivity contribution < 1.29 is 28.2 Å². The van der Waals surface area contributed by atoms with Crippen LogP contribution in [-0.2, 0) is 34.8 Å². The molecule has 0 fully saturated rings. The average molecular weight is 569 g/mol. The molecule has 0 radical (unpaired) electrons. The van der Waals surface area contributed by atoms with E-state index in [1.54, 1.807) is 24.3 Å². The lowest BCUT2D eigenvalue weighted by Crippen LogP contribution is -2.43. The van der Waals surface area contributed by atoms with Crippen LogP contribution in [0.4, 0.5) is 0 Å². The minimum absolute atomic E-state index is 0.169. The van der Waals surface area contributed by atoms with Crippen molar-refractivity contribution in [3.8, 4) is 0 Å².